The van der Waals surface area contributed by atoms with Crippen LogP contribution in [0, 0.1) is 11.6 Å². The minimum Gasteiger partial charge on any atom is -0.492 e. The van der Waals surface area contributed by atoms with Gasteiger partial charge in [-0.25, -0.2) is 8.78 Å². The van der Waals surface area contributed by atoms with E-state index in [1.165, 1.54) is 12.1 Å². The summed E-state index contributed by atoms with van der Waals surface area (Å²) < 4.78 is 33.1. The van der Waals surface area contributed by atoms with Crippen molar-refractivity contribution in [2.75, 3.05) is 6.61 Å². The molecule has 0 unspecified atom stereocenters. The highest BCUT2D eigenvalue weighted by Crippen LogP contribution is 2.33. The second-order valence-electron chi connectivity index (χ2n) is 5.23. The van der Waals surface area contributed by atoms with Crippen LogP contribution < -0.4 is 4.74 Å². The van der Waals surface area contributed by atoms with E-state index in [1.54, 1.807) is 6.07 Å². The number of carboxylic acid groups (broad SMARTS) is 1. The summed E-state index contributed by atoms with van der Waals surface area (Å²) in [5, 5.41) is 8.91. The Morgan fingerprint density at radius 1 is 1.17 bits per heavy atom. The minimum absolute atomic E-state index is 0.0137. The summed E-state index contributed by atoms with van der Waals surface area (Å²) in [6.45, 7) is 0.339. The van der Waals surface area contributed by atoms with Crippen molar-refractivity contribution in [1.29, 1.82) is 0 Å². The fraction of sp³-hybridized carbons (Fsp3) is 0.176. The SMILES string of the molecule is O=C(O)Cc1cc2c(c(C(=O)c3c(F)cccc3F)c1)OCC2. The molecule has 0 saturated carbocycles. The van der Waals surface area contributed by atoms with Gasteiger partial charge in [0.1, 0.15) is 17.4 Å². The maximum absolute atomic E-state index is 13.9. The zero-order valence-corrected chi connectivity index (χ0v) is 11.9. The van der Waals surface area contributed by atoms with Crippen LogP contribution in [0.2, 0.25) is 0 Å². The summed E-state index contributed by atoms with van der Waals surface area (Å²) in [7, 11) is 0. The molecular formula is C17H12F2O4. The summed E-state index contributed by atoms with van der Waals surface area (Å²) in [4.78, 5) is 23.5. The highest BCUT2D eigenvalue weighted by Gasteiger charge is 2.27. The standard InChI is InChI=1S/C17H12F2O4/c18-12-2-1-3-13(19)15(12)16(22)11-7-9(8-14(20)21)6-10-4-5-23-17(10)11/h1-3,6-7H,4-5,8H2,(H,20,21). The van der Waals surface area contributed by atoms with E-state index >= 15 is 0 Å². The van der Waals surface area contributed by atoms with Crippen LogP contribution in [-0.4, -0.2) is 23.5 Å². The molecule has 0 radical (unpaired) electrons. The first-order valence-electron chi connectivity index (χ1n) is 6.96. The van der Waals surface area contributed by atoms with Crippen LogP contribution in [-0.2, 0) is 17.6 Å². The Morgan fingerprint density at radius 2 is 1.87 bits per heavy atom. The van der Waals surface area contributed by atoms with Gasteiger partial charge in [0, 0.05) is 6.42 Å². The first kappa shape index (κ1) is 15.1. The number of carbonyl (C=O) groups is 2. The molecule has 0 atom stereocenters. The van der Waals surface area contributed by atoms with Gasteiger partial charge < -0.3 is 9.84 Å². The zero-order chi connectivity index (χ0) is 16.6. The van der Waals surface area contributed by atoms with Gasteiger partial charge in [0.25, 0.3) is 0 Å². The van der Waals surface area contributed by atoms with Crippen molar-refractivity contribution < 1.29 is 28.2 Å². The molecule has 1 aliphatic heterocycles. The van der Waals surface area contributed by atoms with Gasteiger partial charge in [-0.3, -0.25) is 9.59 Å². The molecule has 0 aliphatic carbocycles. The number of ether oxygens (including phenoxy) is 1. The molecule has 6 heteroatoms. The van der Waals surface area contributed by atoms with Crippen LogP contribution in [0.1, 0.15) is 27.0 Å². The van der Waals surface area contributed by atoms with Crippen molar-refractivity contribution >= 4 is 11.8 Å². The molecule has 0 aromatic heterocycles. The average Bonchev–Trinajstić information content (AvgIpc) is 2.93. The second kappa shape index (κ2) is 5.79. The molecule has 23 heavy (non-hydrogen) atoms. The molecule has 0 saturated heterocycles. The fourth-order valence-corrected chi connectivity index (χ4v) is 2.67. The molecule has 3 rings (SSSR count). The molecule has 0 bridgehead atoms. The Balaban J connectivity index is 2.13. The monoisotopic (exact) mass is 318 g/mol. The van der Waals surface area contributed by atoms with Gasteiger partial charge in [-0.05, 0) is 29.3 Å². The molecular weight excluding hydrogens is 306 g/mol. The van der Waals surface area contributed by atoms with E-state index in [2.05, 4.69) is 0 Å². The summed E-state index contributed by atoms with van der Waals surface area (Å²) in [6, 6.07) is 6.14. The van der Waals surface area contributed by atoms with Crippen molar-refractivity contribution in [3.05, 3.63) is 64.2 Å². The molecule has 0 amide bonds. The van der Waals surface area contributed by atoms with Gasteiger partial charge in [-0.1, -0.05) is 12.1 Å². The van der Waals surface area contributed by atoms with Crippen LogP contribution in [0.3, 0.4) is 0 Å². The van der Waals surface area contributed by atoms with E-state index in [4.69, 9.17) is 9.84 Å². The number of fused-ring (bicyclic) bond motifs is 1. The summed E-state index contributed by atoms with van der Waals surface area (Å²) in [6.07, 6.45) is 0.232. The van der Waals surface area contributed by atoms with Gasteiger partial charge in [0.05, 0.1) is 24.2 Å². The van der Waals surface area contributed by atoms with Crippen LogP contribution >= 0.6 is 0 Å². The number of benzene rings is 2. The largest absolute Gasteiger partial charge is 0.492 e. The third kappa shape index (κ3) is 2.79. The van der Waals surface area contributed by atoms with Gasteiger partial charge in [-0.2, -0.15) is 0 Å². The third-order valence-corrected chi connectivity index (χ3v) is 3.63. The van der Waals surface area contributed by atoms with E-state index in [9.17, 15) is 18.4 Å². The molecule has 4 nitrogen and oxygen atoms in total. The topological polar surface area (TPSA) is 63.6 Å². The third-order valence-electron chi connectivity index (χ3n) is 3.63. The summed E-state index contributed by atoms with van der Waals surface area (Å²) in [5.41, 5.74) is 0.378. The maximum atomic E-state index is 13.9. The summed E-state index contributed by atoms with van der Waals surface area (Å²) >= 11 is 0. The van der Waals surface area contributed by atoms with Crippen molar-refractivity contribution in [2.24, 2.45) is 0 Å². The lowest BCUT2D eigenvalue weighted by atomic mass is 9.95. The summed E-state index contributed by atoms with van der Waals surface area (Å²) in [5.74, 6) is -3.58. The number of rotatable bonds is 4. The van der Waals surface area contributed by atoms with Crippen molar-refractivity contribution in [3.63, 3.8) is 0 Å². The van der Waals surface area contributed by atoms with Gasteiger partial charge >= 0.3 is 5.97 Å². The lowest BCUT2D eigenvalue weighted by Crippen LogP contribution is -2.10. The Labute approximate surface area is 130 Å². The number of carboxylic acids is 1. The van der Waals surface area contributed by atoms with Gasteiger partial charge in [-0.15, -0.1) is 0 Å². The molecule has 0 fully saturated rings. The highest BCUT2D eigenvalue weighted by molar-refractivity contribution is 6.11. The van der Waals surface area contributed by atoms with Crippen molar-refractivity contribution in [1.82, 2.24) is 0 Å². The predicted molar refractivity (Wildman–Crippen MR) is 76.8 cm³/mol. The first-order chi connectivity index (χ1) is 11.0. The Bertz CT molecular complexity index is 794. The molecule has 2 aromatic rings. The molecule has 2 aromatic carbocycles. The number of ketones is 1. The predicted octanol–water partition coefficient (Wildman–Crippen LogP) is 2.76. The molecule has 1 aliphatic rings. The Hall–Kier alpha value is -2.76. The van der Waals surface area contributed by atoms with Crippen molar-refractivity contribution in [3.8, 4) is 5.75 Å². The maximum Gasteiger partial charge on any atom is 0.307 e. The fourth-order valence-electron chi connectivity index (χ4n) is 2.67. The van der Waals surface area contributed by atoms with Gasteiger partial charge in [0.15, 0.2) is 0 Å². The molecule has 1 heterocycles. The Kier molecular flexibility index (Phi) is 3.82. The van der Waals surface area contributed by atoms with Crippen LogP contribution in [0.5, 0.6) is 5.75 Å². The van der Waals surface area contributed by atoms with Crippen LogP contribution in [0.25, 0.3) is 0 Å². The zero-order valence-electron chi connectivity index (χ0n) is 11.9. The van der Waals surface area contributed by atoms with Gasteiger partial charge in [0.2, 0.25) is 5.78 Å². The smallest absolute Gasteiger partial charge is 0.307 e. The molecule has 118 valence electrons. The quantitative estimate of drug-likeness (QED) is 0.881. The first-order valence-corrected chi connectivity index (χ1v) is 6.96. The number of aliphatic carboxylic acids is 1. The van der Waals surface area contributed by atoms with E-state index < -0.39 is 29.0 Å². The molecule has 1 N–H and O–H groups in total. The number of halogens is 2. The average molecular weight is 318 g/mol. The lowest BCUT2D eigenvalue weighted by Gasteiger charge is -2.11. The van der Waals surface area contributed by atoms with Crippen molar-refractivity contribution in [2.45, 2.75) is 12.8 Å². The van der Waals surface area contributed by atoms with E-state index in [0.717, 1.165) is 12.1 Å². The van der Waals surface area contributed by atoms with E-state index in [1.807, 2.05) is 0 Å². The number of hydrogen-bond donors (Lipinski definition) is 1. The minimum atomic E-state index is -1.06. The second-order valence-corrected chi connectivity index (χ2v) is 5.23. The number of carbonyl (C=O) groups excluding carboxylic acids is 1. The number of hydrogen-bond acceptors (Lipinski definition) is 3. The van der Waals surface area contributed by atoms with Crippen LogP contribution in [0.4, 0.5) is 8.78 Å². The van der Waals surface area contributed by atoms with Crippen LogP contribution in [0.15, 0.2) is 30.3 Å². The normalized spacial score (nSPS) is 12.6. The lowest BCUT2D eigenvalue weighted by molar-refractivity contribution is -0.136. The molecule has 0 spiro atoms. The van der Waals surface area contributed by atoms with E-state index in [0.29, 0.717) is 24.2 Å². The Morgan fingerprint density at radius 3 is 2.52 bits per heavy atom. The highest BCUT2D eigenvalue weighted by atomic mass is 19.1. The van der Waals surface area contributed by atoms with E-state index in [-0.39, 0.29) is 17.7 Å².